The number of fused-ring (bicyclic) bond motifs is 1. The van der Waals surface area contributed by atoms with E-state index in [9.17, 15) is 24.0 Å². The second kappa shape index (κ2) is 13.2. The maximum atomic E-state index is 15.0. The summed E-state index contributed by atoms with van der Waals surface area (Å²) >= 11 is 0. The van der Waals surface area contributed by atoms with Crippen molar-refractivity contribution in [2.24, 2.45) is 16.7 Å². The molecule has 0 aromatic heterocycles. The minimum atomic E-state index is -0.976. The van der Waals surface area contributed by atoms with Crippen molar-refractivity contribution in [3.63, 3.8) is 0 Å². The summed E-state index contributed by atoms with van der Waals surface area (Å²) in [6, 6.07) is 9.39. The van der Waals surface area contributed by atoms with Gasteiger partial charge in [0.05, 0.1) is 16.7 Å². The molecule has 7 rings (SSSR count). The predicted octanol–water partition coefficient (Wildman–Crippen LogP) is 4.51. The number of piperidine rings is 3. The van der Waals surface area contributed by atoms with E-state index < -0.39 is 35.5 Å². The van der Waals surface area contributed by atoms with Gasteiger partial charge in [0.1, 0.15) is 11.9 Å². The molecular weight excluding hydrogens is 649 g/mol. The van der Waals surface area contributed by atoms with Crippen LogP contribution >= 0.6 is 0 Å². The molecule has 4 heterocycles. The molecular formula is C40H46FN5O5. The summed E-state index contributed by atoms with van der Waals surface area (Å²) in [6.07, 6.45) is 5.04. The van der Waals surface area contributed by atoms with Crippen LogP contribution in [-0.4, -0.2) is 83.6 Å². The maximum absolute atomic E-state index is 15.0. The van der Waals surface area contributed by atoms with E-state index in [4.69, 9.17) is 0 Å². The van der Waals surface area contributed by atoms with Gasteiger partial charge in [-0.3, -0.25) is 34.2 Å². The van der Waals surface area contributed by atoms with Crippen LogP contribution in [0.4, 0.5) is 10.1 Å². The lowest BCUT2D eigenvalue weighted by molar-refractivity contribution is -0.136. The molecule has 268 valence electrons. The highest BCUT2D eigenvalue weighted by molar-refractivity contribution is 6.23. The summed E-state index contributed by atoms with van der Waals surface area (Å²) in [4.78, 5) is 69.0. The van der Waals surface area contributed by atoms with Crippen LogP contribution < -0.4 is 15.5 Å². The van der Waals surface area contributed by atoms with E-state index in [1.54, 1.807) is 24.3 Å². The van der Waals surface area contributed by atoms with Crippen molar-refractivity contribution < 1.29 is 28.4 Å². The quantitative estimate of drug-likeness (QED) is 0.349. The molecule has 4 fully saturated rings. The number of benzene rings is 2. The standard InChI is InChI=1S/C40H46FN5O5/c1-39(2)23-40(3,4)38(39)43-34(48)29-9-7-25(21-31(29)41)6-5-24-13-17-44(18-14-24)26-15-19-45(20-16-26)27-8-10-28-30(22-27)37(51)46(36(28)50)32-11-12-33(47)42-35(32)49/h7-10,21-22,24,26,32,38H,11-20,23H2,1-4H3,(H,43,48)(H,42,47,49). The molecule has 0 spiro atoms. The van der Waals surface area contributed by atoms with Crippen molar-refractivity contribution in [1.29, 1.82) is 0 Å². The van der Waals surface area contributed by atoms with Gasteiger partial charge in [-0.25, -0.2) is 4.39 Å². The number of anilines is 1. The Morgan fingerprint density at radius 1 is 0.863 bits per heavy atom. The third-order valence-electron chi connectivity index (χ3n) is 11.7. The second-order valence-electron chi connectivity index (χ2n) is 16.2. The number of nitrogens with one attached hydrogen (secondary N) is 2. The number of hydrogen-bond acceptors (Lipinski definition) is 7. The lowest BCUT2D eigenvalue weighted by Crippen LogP contribution is -2.63. The summed E-state index contributed by atoms with van der Waals surface area (Å²) in [7, 11) is 0. The Hall–Kier alpha value is -4.56. The number of carbonyl (C=O) groups is 5. The number of likely N-dealkylation sites (tertiary alicyclic amines) is 1. The van der Waals surface area contributed by atoms with Crippen LogP contribution in [0.1, 0.15) is 109 Å². The first-order valence-corrected chi connectivity index (χ1v) is 18.2. The number of carbonyl (C=O) groups excluding carboxylic acids is 5. The molecule has 4 aliphatic heterocycles. The Morgan fingerprint density at radius 3 is 2.20 bits per heavy atom. The van der Waals surface area contributed by atoms with Gasteiger partial charge >= 0.3 is 0 Å². The minimum Gasteiger partial charge on any atom is -0.371 e. The fraction of sp³-hybridized carbons (Fsp3) is 0.525. The zero-order chi connectivity index (χ0) is 36.2. The lowest BCUT2D eigenvalue weighted by Gasteiger charge is -2.57. The summed E-state index contributed by atoms with van der Waals surface area (Å²) in [5.41, 5.74) is 2.05. The van der Waals surface area contributed by atoms with Gasteiger partial charge < -0.3 is 15.1 Å². The lowest BCUT2D eigenvalue weighted by atomic mass is 9.52. The van der Waals surface area contributed by atoms with Crippen molar-refractivity contribution in [1.82, 2.24) is 20.4 Å². The van der Waals surface area contributed by atoms with Crippen LogP contribution in [0.25, 0.3) is 0 Å². The van der Waals surface area contributed by atoms with Gasteiger partial charge in [0.15, 0.2) is 0 Å². The van der Waals surface area contributed by atoms with E-state index in [1.807, 2.05) is 6.07 Å². The molecule has 0 bridgehead atoms. The third kappa shape index (κ3) is 6.66. The molecule has 1 aliphatic carbocycles. The van der Waals surface area contributed by atoms with Gasteiger partial charge in [-0.15, -0.1) is 0 Å². The average Bonchev–Trinajstić information content (AvgIpc) is 3.34. The average molecular weight is 696 g/mol. The maximum Gasteiger partial charge on any atom is 0.262 e. The topological polar surface area (TPSA) is 119 Å². The number of hydrogen-bond donors (Lipinski definition) is 2. The molecule has 5 amide bonds. The van der Waals surface area contributed by atoms with Crippen molar-refractivity contribution in [3.05, 3.63) is 64.5 Å². The van der Waals surface area contributed by atoms with E-state index in [2.05, 4.69) is 60.0 Å². The van der Waals surface area contributed by atoms with Gasteiger partial charge in [-0.2, -0.15) is 0 Å². The number of amides is 5. The van der Waals surface area contributed by atoms with Crippen molar-refractivity contribution in [2.45, 2.75) is 90.8 Å². The first-order valence-electron chi connectivity index (χ1n) is 18.2. The molecule has 2 aromatic carbocycles. The fourth-order valence-electron chi connectivity index (χ4n) is 9.42. The zero-order valence-electron chi connectivity index (χ0n) is 29.8. The van der Waals surface area contributed by atoms with E-state index in [1.165, 1.54) is 6.07 Å². The Kier molecular flexibility index (Phi) is 9.03. The predicted molar refractivity (Wildman–Crippen MR) is 189 cm³/mol. The van der Waals surface area contributed by atoms with Crippen molar-refractivity contribution in [3.8, 4) is 11.8 Å². The Labute approximate surface area is 298 Å². The zero-order valence-corrected chi connectivity index (χ0v) is 29.8. The highest BCUT2D eigenvalue weighted by Crippen LogP contribution is 2.53. The first-order chi connectivity index (χ1) is 24.2. The highest BCUT2D eigenvalue weighted by atomic mass is 19.1. The molecule has 0 radical (unpaired) electrons. The van der Waals surface area contributed by atoms with Crippen molar-refractivity contribution >= 4 is 35.2 Å². The molecule has 1 saturated carbocycles. The molecule has 3 saturated heterocycles. The minimum absolute atomic E-state index is 0.0128. The summed E-state index contributed by atoms with van der Waals surface area (Å²) in [5.74, 6) is 3.80. The fourth-order valence-corrected chi connectivity index (χ4v) is 9.42. The monoisotopic (exact) mass is 695 g/mol. The normalized spacial score (nSPS) is 24.1. The van der Waals surface area contributed by atoms with Crippen LogP contribution in [0.3, 0.4) is 0 Å². The molecule has 51 heavy (non-hydrogen) atoms. The van der Waals surface area contributed by atoms with Crippen LogP contribution in [0, 0.1) is 34.4 Å². The van der Waals surface area contributed by atoms with Crippen LogP contribution in [0.2, 0.25) is 0 Å². The largest absolute Gasteiger partial charge is 0.371 e. The van der Waals surface area contributed by atoms with E-state index in [-0.39, 0.29) is 52.7 Å². The first kappa shape index (κ1) is 34.9. The van der Waals surface area contributed by atoms with E-state index in [0.717, 1.165) is 68.9 Å². The van der Waals surface area contributed by atoms with Crippen LogP contribution in [-0.2, 0) is 9.59 Å². The van der Waals surface area contributed by atoms with Crippen LogP contribution in [0.15, 0.2) is 36.4 Å². The second-order valence-corrected chi connectivity index (χ2v) is 16.2. The van der Waals surface area contributed by atoms with Gasteiger partial charge in [-0.05, 0) is 98.8 Å². The number of nitrogens with zero attached hydrogens (tertiary/aromatic N) is 3. The Morgan fingerprint density at radius 2 is 1.55 bits per heavy atom. The summed E-state index contributed by atoms with van der Waals surface area (Å²) in [5, 5.41) is 5.29. The molecule has 2 N–H and O–H groups in total. The number of imide groups is 2. The number of rotatable bonds is 5. The van der Waals surface area contributed by atoms with E-state index >= 15 is 4.39 Å². The Balaban J connectivity index is 0.894. The molecule has 2 aromatic rings. The summed E-state index contributed by atoms with van der Waals surface area (Å²) < 4.78 is 15.0. The van der Waals surface area contributed by atoms with Gasteiger partial charge in [0.25, 0.3) is 17.7 Å². The molecule has 10 nitrogen and oxygen atoms in total. The number of halogens is 1. The molecule has 11 heteroatoms. The highest BCUT2D eigenvalue weighted by Gasteiger charge is 2.53. The van der Waals surface area contributed by atoms with Crippen LogP contribution in [0.5, 0.6) is 0 Å². The van der Waals surface area contributed by atoms with Gasteiger partial charge in [0.2, 0.25) is 11.8 Å². The molecule has 1 atom stereocenters. The molecule has 5 aliphatic rings. The molecule has 1 unspecified atom stereocenters. The van der Waals surface area contributed by atoms with E-state index in [0.29, 0.717) is 17.2 Å². The van der Waals surface area contributed by atoms with Crippen molar-refractivity contribution in [2.75, 3.05) is 31.1 Å². The van der Waals surface area contributed by atoms with Gasteiger partial charge in [-0.1, -0.05) is 39.5 Å². The summed E-state index contributed by atoms with van der Waals surface area (Å²) in [6.45, 7) is 12.0. The Bertz CT molecular complexity index is 1850. The smallest absolute Gasteiger partial charge is 0.262 e. The SMILES string of the molecule is CC1(C)CC(C)(C)C1NC(=O)c1ccc(C#CC2CCN(C3CCN(c4ccc5c(c4)C(=O)N(C4CCC(=O)NC4=O)C5=O)CC3)CC2)cc1F. The van der Waals surface area contributed by atoms with Gasteiger partial charge in [0, 0.05) is 48.8 Å². The third-order valence-corrected chi connectivity index (χ3v) is 11.7.